The lowest BCUT2D eigenvalue weighted by Gasteiger charge is -2.09. The molecular weight excluding hydrogens is 266 g/mol. The molecule has 1 fully saturated rings. The SMILES string of the molecule is O=C(NCc1cnn(Cc2ccccc2)c1)C1CCCO1. The molecule has 0 bridgehead atoms. The molecule has 1 atom stereocenters. The first kappa shape index (κ1) is 13.8. The van der Waals surface area contributed by atoms with Gasteiger partial charge in [0.05, 0.1) is 12.7 Å². The summed E-state index contributed by atoms with van der Waals surface area (Å²) in [4.78, 5) is 11.9. The zero-order valence-electron chi connectivity index (χ0n) is 11.9. The van der Waals surface area contributed by atoms with E-state index in [9.17, 15) is 4.79 Å². The minimum atomic E-state index is -0.274. The van der Waals surface area contributed by atoms with Gasteiger partial charge >= 0.3 is 0 Å². The maximum atomic E-state index is 11.9. The smallest absolute Gasteiger partial charge is 0.249 e. The van der Waals surface area contributed by atoms with E-state index in [1.807, 2.05) is 29.1 Å². The summed E-state index contributed by atoms with van der Waals surface area (Å²) in [6, 6.07) is 10.2. The highest BCUT2D eigenvalue weighted by Crippen LogP contribution is 2.12. The van der Waals surface area contributed by atoms with Crippen LogP contribution in [0.1, 0.15) is 24.0 Å². The molecule has 5 nitrogen and oxygen atoms in total. The summed E-state index contributed by atoms with van der Waals surface area (Å²) in [6.07, 6.45) is 5.26. The Bertz CT molecular complexity index is 589. The Morgan fingerprint density at radius 2 is 2.19 bits per heavy atom. The maximum absolute atomic E-state index is 11.9. The summed E-state index contributed by atoms with van der Waals surface area (Å²) in [5.41, 5.74) is 2.20. The van der Waals surface area contributed by atoms with Crippen molar-refractivity contribution in [3.63, 3.8) is 0 Å². The lowest BCUT2D eigenvalue weighted by molar-refractivity contribution is -0.130. The van der Waals surface area contributed by atoms with Crippen LogP contribution in [0.25, 0.3) is 0 Å². The minimum absolute atomic E-state index is 0.0247. The molecule has 1 saturated heterocycles. The highest BCUT2D eigenvalue weighted by molar-refractivity contribution is 5.80. The van der Waals surface area contributed by atoms with Gasteiger partial charge in [-0.2, -0.15) is 5.10 Å². The average molecular weight is 285 g/mol. The molecule has 1 aromatic heterocycles. The van der Waals surface area contributed by atoms with Crippen LogP contribution < -0.4 is 5.32 Å². The first-order valence-electron chi connectivity index (χ1n) is 7.26. The third kappa shape index (κ3) is 3.70. The van der Waals surface area contributed by atoms with Gasteiger partial charge in [0.1, 0.15) is 6.10 Å². The van der Waals surface area contributed by atoms with Crippen molar-refractivity contribution < 1.29 is 9.53 Å². The third-order valence-electron chi connectivity index (χ3n) is 3.56. The molecule has 0 saturated carbocycles. The van der Waals surface area contributed by atoms with Gasteiger partial charge in [0.25, 0.3) is 0 Å². The first-order valence-corrected chi connectivity index (χ1v) is 7.26. The van der Waals surface area contributed by atoms with Crippen molar-refractivity contribution >= 4 is 5.91 Å². The zero-order chi connectivity index (χ0) is 14.5. The van der Waals surface area contributed by atoms with Gasteiger partial charge in [-0.25, -0.2) is 0 Å². The summed E-state index contributed by atoms with van der Waals surface area (Å²) in [5.74, 6) is -0.0247. The third-order valence-corrected chi connectivity index (χ3v) is 3.56. The number of rotatable bonds is 5. The molecule has 2 aromatic rings. The number of benzene rings is 1. The first-order chi connectivity index (χ1) is 10.3. The fourth-order valence-corrected chi connectivity index (χ4v) is 2.44. The number of carbonyl (C=O) groups is 1. The van der Waals surface area contributed by atoms with Crippen molar-refractivity contribution in [3.05, 3.63) is 53.9 Å². The molecule has 1 aromatic carbocycles. The summed E-state index contributed by atoms with van der Waals surface area (Å²) >= 11 is 0. The molecule has 1 amide bonds. The quantitative estimate of drug-likeness (QED) is 0.910. The Labute approximate surface area is 123 Å². The number of hydrogen-bond acceptors (Lipinski definition) is 3. The lowest BCUT2D eigenvalue weighted by atomic mass is 10.2. The lowest BCUT2D eigenvalue weighted by Crippen LogP contribution is -2.33. The van der Waals surface area contributed by atoms with Crippen LogP contribution in [-0.4, -0.2) is 28.4 Å². The van der Waals surface area contributed by atoms with E-state index in [4.69, 9.17) is 4.74 Å². The Morgan fingerprint density at radius 3 is 2.95 bits per heavy atom. The molecule has 2 heterocycles. The Morgan fingerprint density at radius 1 is 1.33 bits per heavy atom. The van der Waals surface area contributed by atoms with Crippen LogP contribution in [-0.2, 0) is 22.6 Å². The standard InChI is InChI=1S/C16H19N3O2/c20-16(15-7-4-8-21-15)17-9-14-10-18-19(12-14)11-13-5-2-1-3-6-13/h1-3,5-6,10,12,15H,4,7-9,11H2,(H,17,20). The predicted molar refractivity (Wildman–Crippen MR) is 78.6 cm³/mol. The van der Waals surface area contributed by atoms with E-state index in [0.717, 1.165) is 24.9 Å². The van der Waals surface area contributed by atoms with Crippen molar-refractivity contribution in [2.45, 2.75) is 32.0 Å². The van der Waals surface area contributed by atoms with E-state index in [0.29, 0.717) is 13.2 Å². The molecule has 110 valence electrons. The molecule has 1 unspecified atom stereocenters. The summed E-state index contributed by atoms with van der Waals surface area (Å²) in [5, 5.41) is 7.22. The molecule has 1 aliphatic rings. The van der Waals surface area contributed by atoms with Gasteiger partial charge in [0.2, 0.25) is 5.91 Å². The normalized spacial score (nSPS) is 17.8. The molecule has 3 rings (SSSR count). The molecule has 0 aliphatic carbocycles. The van der Waals surface area contributed by atoms with Crippen molar-refractivity contribution in [1.29, 1.82) is 0 Å². The monoisotopic (exact) mass is 285 g/mol. The van der Waals surface area contributed by atoms with Crippen molar-refractivity contribution in [2.24, 2.45) is 0 Å². The van der Waals surface area contributed by atoms with Gasteiger partial charge in [-0.1, -0.05) is 30.3 Å². The van der Waals surface area contributed by atoms with E-state index < -0.39 is 0 Å². The largest absolute Gasteiger partial charge is 0.368 e. The number of amides is 1. The van der Waals surface area contributed by atoms with Crippen molar-refractivity contribution in [2.75, 3.05) is 6.61 Å². The van der Waals surface area contributed by atoms with Gasteiger partial charge in [-0.3, -0.25) is 9.48 Å². The highest BCUT2D eigenvalue weighted by Gasteiger charge is 2.23. The Kier molecular flexibility index (Phi) is 4.31. The number of ether oxygens (including phenoxy) is 1. The molecular formula is C16H19N3O2. The maximum Gasteiger partial charge on any atom is 0.249 e. The topological polar surface area (TPSA) is 56.2 Å². The van der Waals surface area contributed by atoms with E-state index in [1.54, 1.807) is 6.20 Å². The van der Waals surface area contributed by atoms with Crippen LogP contribution in [0.15, 0.2) is 42.7 Å². The summed E-state index contributed by atoms with van der Waals surface area (Å²) in [7, 11) is 0. The van der Waals surface area contributed by atoms with Crippen LogP contribution in [0.4, 0.5) is 0 Å². The van der Waals surface area contributed by atoms with E-state index in [2.05, 4.69) is 22.5 Å². The van der Waals surface area contributed by atoms with Crippen LogP contribution in [0.3, 0.4) is 0 Å². The zero-order valence-corrected chi connectivity index (χ0v) is 11.9. The number of nitrogens with zero attached hydrogens (tertiary/aromatic N) is 2. The number of aromatic nitrogens is 2. The predicted octanol–water partition coefficient (Wildman–Crippen LogP) is 1.73. The van der Waals surface area contributed by atoms with E-state index in [-0.39, 0.29) is 12.0 Å². The Hall–Kier alpha value is -2.14. The van der Waals surface area contributed by atoms with Gasteiger partial charge < -0.3 is 10.1 Å². The van der Waals surface area contributed by atoms with Gasteiger partial charge in [-0.15, -0.1) is 0 Å². The van der Waals surface area contributed by atoms with Gasteiger partial charge in [0, 0.05) is 24.9 Å². The second kappa shape index (κ2) is 6.54. The second-order valence-electron chi connectivity index (χ2n) is 5.25. The summed E-state index contributed by atoms with van der Waals surface area (Å²) in [6.45, 7) is 1.92. The fourth-order valence-electron chi connectivity index (χ4n) is 2.44. The average Bonchev–Trinajstić information content (AvgIpc) is 3.17. The number of nitrogens with one attached hydrogen (secondary N) is 1. The van der Waals surface area contributed by atoms with Gasteiger partial charge in [0.15, 0.2) is 0 Å². The molecule has 1 N–H and O–H groups in total. The van der Waals surface area contributed by atoms with Crippen molar-refractivity contribution in [3.8, 4) is 0 Å². The van der Waals surface area contributed by atoms with E-state index in [1.165, 1.54) is 5.56 Å². The number of carbonyl (C=O) groups excluding carboxylic acids is 1. The highest BCUT2D eigenvalue weighted by atomic mass is 16.5. The Balaban J connectivity index is 1.52. The van der Waals surface area contributed by atoms with Gasteiger partial charge in [-0.05, 0) is 18.4 Å². The molecule has 0 spiro atoms. The van der Waals surface area contributed by atoms with Crippen molar-refractivity contribution in [1.82, 2.24) is 15.1 Å². The molecule has 21 heavy (non-hydrogen) atoms. The molecule has 5 heteroatoms. The summed E-state index contributed by atoms with van der Waals surface area (Å²) < 4.78 is 7.23. The second-order valence-corrected chi connectivity index (χ2v) is 5.25. The fraction of sp³-hybridized carbons (Fsp3) is 0.375. The van der Waals surface area contributed by atoms with Crippen LogP contribution in [0.5, 0.6) is 0 Å². The number of hydrogen-bond donors (Lipinski definition) is 1. The molecule has 0 radical (unpaired) electrons. The van der Waals surface area contributed by atoms with E-state index >= 15 is 0 Å². The van der Waals surface area contributed by atoms with Crippen LogP contribution >= 0.6 is 0 Å². The molecule has 1 aliphatic heterocycles. The van der Waals surface area contributed by atoms with Crippen LogP contribution in [0, 0.1) is 0 Å². The van der Waals surface area contributed by atoms with Crippen LogP contribution in [0.2, 0.25) is 0 Å². The minimum Gasteiger partial charge on any atom is -0.368 e.